The van der Waals surface area contributed by atoms with E-state index in [2.05, 4.69) is 46.8 Å². The molecular formula is C15H23ClN4. The average molecular weight is 295 g/mol. The molecule has 4 nitrogen and oxygen atoms in total. The van der Waals surface area contributed by atoms with Gasteiger partial charge in [-0.3, -0.25) is 4.99 Å². The van der Waals surface area contributed by atoms with Crippen LogP contribution < -0.4 is 10.6 Å². The zero-order valence-electron chi connectivity index (χ0n) is 12.4. The number of halogens is 1. The minimum atomic E-state index is 0.282. The van der Waals surface area contributed by atoms with E-state index in [1.165, 1.54) is 18.4 Å². The van der Waals surface area contributed by atoms with Gasteiger partial charge in [0.2, 0.25) is 0 Å². The monoisotopic (exact) mass is 294 g/mol. The molecule has 1 aromatic rings. The Hall–Kier alpha value is -1.26. The molecule has 0 aromatic heterocycles. The van der Waals surface area contributed by atoms with Crippen molar-refractivity contribution in [2.75, 3.05) is 27.7 Å². The van der Waals surface area contributed by atoms with Crippen LogP contribution in [-0.2, 0) is 0 Å². The van der Waals surface area contributed by atoms with Crippen molar-refractivity contribution in [1.82, 2.24) is 15.5 Å². The third-order valence-electron chi connectivity index (χ3n) is 3.48. The van der Waals surface area contributed by atoms with E-state index in [1.54, 1.807) is 0 Å². The van der Waals surface area contributed by atoms with Crippen molar-refractivity contribution in [3.63, 3.8) is 0 Å². The minimum Gasteiger partial charge on any atom is -0.354 e. The Kier molecular flexibility index (Phi) is 5.26. The fourth-order valence-corrected chi connectivity index (χ4v) is 2.22. The molecule has 1 unspecified atom stereocenters. The summed E-state index contributed by atoms with van der Waals surface area (Å²) in [6.45, 7) is 0.807. The molecule has 2 N–H and O–H groups in total. The maximum absolute atomic E-state index is 5.95. The van der Waals surface area contributed by atoms with E-state index in [9.17, 15) is 0 Å². The van der Waals surface area contributed by atoms with Gasteiger partial charge in [0.15, 0.2) is 5.96 Å². The molecule has 1 saturated carbocycles. The van der Waals surface area contributed by atoms with Gasteiger partial charge < -0.3 is 15.5 Å². The summed E-state index contributed by atoms with van der Waals surface area (Å²) in [5, 5.41) is 7.56. The second-order valence-electron chi connectivity index (χ2n) is 5.40. The van der Waals surface area contributed by atoms with Crippen LogP contribution in [0, 0.1) is 0 Å². The van der Waals surface area contributed by atoms with Gasteiger partial charge in [-0.05, 0) is 44.6 Å². The third-order valence-corrected chi connectivity index (χ3v) is 3.73. The lowest BCUT2D eigenvalue weighted by Gasteiger charge is -2.26. The first-order valence-corrected chi connectivity index (χ1v) is 7.37. The molecule has 0 aliphatic heterocycles. The lowest BCUT2D eigenvalue weighted by Crippen LogP contribution is -2.42. The molecule has 2 rings (SSSR count). The highest BCUT2D eigenvalue weighted by Gasteiger charge is 2.22. The minimum absolute atomic E-state index is 0.282. The van der Waals surface area contributed by atoms with Crippen molar-refractivity contribution < 1.29 is 0 Å². The molecule has 0 radical (unpaired) electrons. The van der Waals surface area contributed by atoms with E-state index in [0.29, 0.717) is 6.04 Å². The second kappa shape index (κ2) is 6.95. The fraction of sp³-hybridized carbons (Fsp3) is 0.533. The van der Waals surface area contributed by atoms with Crippen LogP contribution >= 0.6 is 11.6 Å². The molecule has 0 saturated heterocycles. The van der Waals surface area contributed by atoms with Crippen LogP contribution in [0.15, 0.2) is 29.3 Å². The van der Waals surface area contributed by atoms with Crippen LogP contribution in [0.3, 0.4) is 0 Å². The highest BCUT2D eigenvalue weighted by Crippen LogP contribution is 2.20. The number of rotatable bonds is 5. The van der Waals surface area contributed by atoms with Gasteiger partial charge in [0.05, 0.1) is 6.04 Å². The Morgan fingerprint density at radius 2 is 2.00 bits per heavy atom. The third kappa shape index (κ3) is 4.39. The normalized spacial score (nSPS) is 17.1. The van der Waals surface area contributed by atoms with Crippen molar-refractivity contribution >= 4 is 17.6 Å². The predicted octanol–water partition coefficient (Wildman–Crippen LogP) is 2.27. The molecule has 5 heteroatoms. The summed E-state index contributed by atoms with van der Waals surface area (Å²) in [5.41, 5.74) is 1.24. The number of likely N-dealkylation sites (N-methyl/N-ethyl adjacent to an activating group) is 1. The molecule has 1 atom stereocenters. The van der Waals surface area contributed by atoms with Gasteiger partial charge in [0, 0.05) is 24.7 Å². The average Bonchev–Trinajstić information content (AvgIpc) is 3.23. The smallest absolute Gasteiger partial charge is 0.191 e. The van der Waals surface area contributed by atoms with Gasteiger partial charge in [0.25, 0.3) is 0 Å². The largest absolute Gasteiger partial charge is 0.354 e. The quantitative estimate of drug-likeness (QED) is 0.646. The van der Waals surface area contributed by atoms with Crippen LogP contribution in [0.5, 0.6) is 0 Å². The second-order valence-corrected chi connectivity index (χ2v) is 5.84. The standard InChI is InChI=1S/C15H23ClN4/c1-17-15(19-13-8-9-13)18-10-14(20(2)3)11-4-6-12(16)7-5-11/h4-7,13-14H,8-10H2,1-3H3,(H2,17,18,19). The van der Waals surface area contributed by atoms with Gasteiger partial charge in [0.1, 0.15) is 0 Å². The zero-order valence-corrected chi connectivity index (χ0v) is 13.1. The number of hydrogen-bond acceptors (Lipinski definition) is 2. The molecule has 1 aliphatic carbocycles. The molecule has 1 fully saturated rings. The maximum atomic E-state index is 5.95. The highest BCUT2D eigenvalue weighted by molar-refractivity contribution is 6.30. The number of nitrogens with zero attached hydrogens (tertiary/aromatic N) is 2. The van der Waals surface area contributed by atoms with Crippen molar-refractivity contribution in [2.24, 2.45) is 4.99 Å². The Morgan fingerprint density at radius 1 is 1.35 bits per heavy atom. The summed E-state index contributed by atoms with van der Waals surface area (Å²) >= 11 is 5.95. The summed E-state index contributed by atoms with van der Waals surface area (Å²) in [6, 6.07) is 8.91. The van der Waals surface area contributed by atoms with E-state index < -0.39 is 0 Å². The molecule has 110 valence electrons. The molecule has 1 aromatic carbocycles. The lowest BCUT2D eigenvalue weighted by molar-refractivity contribution is 0.298. The predicted molar refractivity (Wildman–Crippen MR) is 85.4 cm³/mol. The van der Waals surface area contributed by atoms with Crippen LogP contribution in [-0.4, -0.2) is 44.6 Å². The number of aliphatic imine (C=N–C) groups is 1. The van der Waals surface area contributed by atoms with Crippen molar-refractivity contribution in [1.29, 1.82) is 0 Å². The first kappa shape index (κ1) is 15.1. The van der Waals surface area contributed by atoms with Gasteiger partial charge >= 0.3 is 0 Å². The van der Waals surface area contributed by atoms with Crippen molar-refractivity contribution in [2.45, 2.75) is 24.9 Å². The van der Waals surface area contributed by atoms with Crippen LogP contribution in [0.2, 0.25) is 5.02 Å². The molecular weight excluding hydrogens is 272 g/mol. The van der Waals surface area contributed by atoms with E-state index in [0.717, 1.165) is 17.5 Å². The Balaban J connectivity index is 1.96. The van der Waals surface area contributed by atoms with Gasteiger partial charge in [-0.1, -0.05) is 23.7 Å². The molecule has 0 spiro atoms. The summed E-state index contributed by atoms with van der Waals surface area (Å²) in [7, 11) is 5.97. The number of nitrogens with one attached hydrogen (secondary N) is 2. The van der Waals surface area contributed by atoms with Gasteiger partial charge in [-0.15, -0.1) is 0 Å². The Morgan fingerprint density at radius 3 is 2.50 bits per heavy atom. The summed E-state index contributed by atoms with van der Waals surface area (Å²) in [5.74, 6) is 0.883. The fourth-order valence-electron chi connectivity index (χ4n) is 2.09. The topological polar surface area (TPSA) is 39.7 Å². The molecule has 1 aliphatic rings. The summed E-state index contributed by atoms with van der Waals surface area (Å²) < 4.78 is 0. The molecule has 0 amide bonds. The molecule has 20 heavy (non-hydrogen) atoms. The van der Waals surface area contributed by atoms with Gasteiger partial charge in [-0.25, -0.2) is 0 Å². The number of hydrogen-bond donors (Lipinski definition) is 2. The summed E-state index contributed by atoms with van der Waals surface area (Å²) in [4.78, 5) is 6.46. The van der Waals surface area contributed by atoms with Crippen LogP contribution in [0.4, 0.5) is 0 Å². The first-order valence-electron chi connectivity index (χ1n) is 6.99. The Labute approximate surface area is 126 Å². The van der Waals surface area contributed by atoms with E-state index in [1.807, 2.05) is 19.2 Å². The maximum Gasteiger partial charge on any atom is 0.191 e. The van der Waals surface area contributed by atoms with Gasteiger partial charge in [-0.2, -0.15) is 0 Å². The lowest BCUT2D eigenvalue weighted by atomic mass is 10.1. The van der Waals surface area contributed by atoms with E-state index in [-0.39, 0.29) is 6.04 Å². The SMILES string of the molecule is CN=C(NCC(c1ccc(Cl)cc1)N(C)C)NC1CC1. The van der Waals surface area contributed by atoms with Crippen LogP contribution in [0.1, 0.15) is 24.4 Å². The van der Waals surface area contributed by atoms with Crippen molar-refractivity contribution in [3.05, 3.63) is 34.9 Å². The summed E-state index contributed by atoms with van der Waals surface area (Å²) in [6.07, 6.45) is 2.49. The first-order chi connectivity index (χ1) is 9.60. The van der Waals surface area contributed by atoms with E-state index in [4.69, 9.17) is 11.6 Å². The highest BCUT2D eigenvalue weighted by atomic mass is 35.5. The number of guanidine groups is 1. The van der Waals surface area contributed by atoms with Crippen LogP contribution in [0.25, 0.3) is 0 Å². The number of benzene rings is 1. The van der Waals surface area contributed by atoms with Crippen molar-refractivity contribution in [3.8, 4) is 0 Å². The Bertz CT molecular complexity index is 451. The molecule has 0 bridgehead atoms. The molecule has 0 heterocycles. The zero-order chi connectivity index (χ0) is 14.5. The van der Waals surface area contributed by atoms with E-state index >= 15 is 0 Å².